The fourth-order valence-electron chi connectivity index (χ4n) is 2.36. The molecular weight excluding hydrogens is 352 g/mol. The predicted octanol–water partition coefficient (Wildman–Crippen LogP) is 2.43. The summed E-state index contributed by atoms with van der Waals surface area (Å²) in [6, 6.07) is 11.6. The van der Waals surface area contributed by atoms with Crippen molar-refractivity contribution in [1.29, 1.82) is 5.26 Å². The average Bonchev–Trinajstić information content (AvgIpc) is 2.67. The molecule has 2 rings (SSSR count). The summed E-state index contributed by atoms with van der Waals surface area (Å²) in [5.74, 6) is -1.43. The van der Waals surface area contributed by atoms with Crippen LogP contribution in [0.3, 0.4) is 0 Å². The summed E-state index contributed by atoms with van der Waals surface area (Å²) in [7, 11) is 2.72. The van der Waals surface area contributed by atoms with Crippen LogP contribution in [-0.2, 0) is 16.0 Å². The molecule has 0 aliphatic carbocycles. The van der Waals surface area contributed by atoms with Gasteiger partial charge in [0.25, 0.3) is 0 Å². The monoisotopic (exact) mass is 370 g/mol. The molecule has 0 saturated heterocycles. The summed E-state index contributed by atoms with van der Waals surface area (Å²) in [6.45, 7) is -0.0657. The number of nitriles is 1. The van der Waals surface area contributed by atoms with Gasteiger partial charge in [-0.25, -0.2) is 4.79 Å². The van der Waals surface area contributed by atoms with Crippen molar-refractivity contribution in [3.63, 3.8) is 0 Å². The first-order valence-corrected chi connectivity index (χ1v) is 7.86. The topological polar surface area (TPSA) is 118 Å². The van der Waals surface area contributed by atoms with Gasteiger partial charge in [-0.15, -0.1) is 0 Å². The minimum atomic E-state index is -1.19. The second-order valence-corrected chi connectivity index (χ2v) is 5.39. The van der Waals surface area contributed by atoms with Crippen molar-refractivity contribution in [1.82, 2.24) is 0 Å². The number of rotatable bonds is 8. The van der Waals surface area contributed by atoms with E-state index in [2.05, 4.69) is 5.32 Å². The molecule has 8 heteroatoms. The number of aromatic carboxylic acids is 1. The summed E-state index contributed by atoms with van der Waals surface area (Å²) in [5, 5.41) is 20.9. The van der Waals surface area contributed by atoms with Crippen LogP contribution in [0.15, 0.2) is 36.4 Å². The Labute approximate surface area is 155 Å². The number of ether oxygens (including phenoxy) is 3. The molecule has 2 aromatic carbocycles. The molecule has 0 saturated carbocycles. The van der Waals surface area contributed by atoms with E-state index in [9.17, 15) is 14.7 Å². The van der Waals surface area contributed by atoms with Crippen LogP contribution in [0.25, 0.3) is 0 Å². The second kappa shape index (κ2) is 9.10. The molecule has 0 spiro atoms. The van der Waals surface area contributed by atoms with Gasteiger partial charge in [-0.05, 0) is 42.0 Å². The molecule has 0 bridgehead atoms. The molecule has 2 aromatic rings. The van der Waals surface area contributed by atoms with Crippen LogP contribution in [0, 0.1) is 11.3 Å². The number of esters is 1. The van der Waals surface area contributed by atoms with Crippen LogP contribution in [0.5, 0.6) is 11.5 Å². The number of benzene rings is 2. The fourth-order valence-corrected chi connectivity index (χ4v) is 2.36. The Bertz CT molecular complexity index is 871. The largest absolute Gasteiger partial charge is 0.493 e. The maximum absolute atomic E-state index is 12.0. The zero-order chi connectivity index (χ0) is 19.8. The number of anilines is 1. The summed E-state index contributed by atoms with van der Waals surface area (Å²) >= 11 is 0. The van der Waals surface area contributed by atoms with Crippen molar-refractivity contribution in [3.05, 3.63) is 53.1 Å². The number of hydrogen-bond acceptors (Lipinski definition) is 7. The van der Waals surface area contributed by atoms with Gasteiger partial charge in [0, 0.05) is 5.69 Å². The highest BCUT2D eigenvalue weighted by Crippen LogP contribution is 2.32. The molecule has 0 aliphatic rings. The van der Waals surface area contributed by atoms with Crippen molar-refractivity contribution in [2.24, 2.45) is 0 Å². The third kappa shape index (κ3) is 5.12. The molecule has 0 aliphatic heterocycles. The van der Waals surface area contributed by atoms with E-state index in [0.717, 1.165) is 0 Å². The van der Waals surface area contributed by atoms with Gasteiger partial charge in [0.1, 0.15) is 5.56 Å². The lowest BCUT2D eigenvalue weighted by atomic mass is 10.1. The van der Waals surface area contributed by atoms with Crippen LogP contribution >= 0.6 is 0 Å². The molecule has 0 atom stereocenters. The predicted molar refractivity (Wildman–Crippen MR) is 95.9 cm³/mol. The van der Waals surface area contributed by atoms with Crippen molar-refractivity contribution in [3.8, 4) is 17.6 Å². The Kier molecular flexibility index (Phi) is 6.61. The van der Waals surface area contributed by atoms with Crippen molar-refractivity contribution < 1.29 is 28.9 Å². The molecular formula is C19H18N2O6. The highest BCUT2D eigenvalue weighted by atomic mass is 16.5. The van der Waals surface area contributed by atoms with Gasteiger partial charge in [0.15, 0.2) is 18.2 Å². The molecule has 0 radical (unpaired) electrons. The van der Waals surface area contributed by atoms with E-state index in [1.54, 1.807) is 24.3 Å². The second-order valence-electron chi connectivity index (χ2n) is 5.39. The van der Waals surface area contributed by atoms with E-state index >= 15 is 0 Å². The van der Waals surface area contributed by atoms with Gasteiger partial charge in [-0.2, -0.15) is 5.26 Å². The Morgan fingerprint density at radius 3 is 2.41 bits per heavy atom. The van der Waals surface area contributed by atoms with Gasteiger partial charge in [0.05, 0.1) is 32.3 Å². The standard InChI is InChI=1S/C19H18N2O6/c1-25-16-8-13(7-15(19(23)24)18(16)26-2)9-17(22)27-11-21-14-5-3-12(10-20)4-6-14/h3-8,21H,9,11H2,1-2H3,(H,23,24). The van der Waals surface area contributed by atoms with E-state index in [0.29, 0.717) is 16.8 Å². The first kappa shape index (κ1) is 19.6. The van der Waals surface area contributed by atoms with Crippen LogP contribution < -0.4 is 14.8 Å². The summed E-state index contributed by atoms with van der Waals surface area (Å²) in [6.07, 6.45) is -0.129. The summed E-state index contributed by atoms with van der Waals surface area (Å²) in [4.78, 5) is 23.4. The maximum atomic E-state index is 12.0. The molecule has 0 fully saturated rings. The van der Waals surface area contributed by atoms with Crippen LogP contribution in [0.1, 0.15) is 21.5 Å². The summed E-state index contributed by atoms with van der Waals surface area (Å²) in [5.41, 5.74) is 1.55. The van der Waals surface area contributed by atoms with E-state index in [1.165, 1.54) is 26.4 Å². The third-order valence-electron chi connectivity index (χ3n) is 3.64. The number of carboxylic acids is 1. The van der Waals surface area contributed by atoms with Crippen LogP contribution in [-0.4, -0.2) is 38.0 Å². The first-order valence-electron chi connectivity index (χ1n) is 7.86. The molecule has 8 nitrogen and oxygen atoms in total. The SMILES string of the molecule is COc1cc(CC(=O)OCNc2ccc(C#N)cc2)cc(C(=O)O)c1OC. The Balaban J connectivity index is 1.99. The minimum Gasteiger partial charge on any atom is -0.493 e. The molecule has 140 valence electrons. The van der Waals surface area contributed by atoms with E-state index in [4.69, 9.17) is 19.5 Å². The summed E-state index contributed by atoms with van der Waals surface area (Å²) < 4.78 is 15.3. The van der Waals surface area contributed by atoms with E-state index < -0.39 is 11.9 Å². The van der Waals surface area contributed by atoms with Crippen LogP contribution in [0.4, 0.5) is 5.69 Å². The smallest absolute Gasteiger partial charge is 0.339 e. The first-order chi connectivity index (χ1) is 13.0. The van der Waals surface area contributed by atoms with Crippen molar-refractivity contribution in [2.45, 2.75) is 6.42 Å². The number of methoxy groups -OCH3 is 2. The third-order valence-corrected chi connectivity index (χ3v) is 3.64. The number of nitrogens with one attached hydrogen (secondary N) is 1. The lowest BCUT2D eigenvalue weighted by molar-refractivity contribution is -0.142. The normalized spacial score (nSPS) is 9.81. The number of carboxylic acid groups (broad SMARTS) is 1. The maximum Gasteiger partial charge on any atom is 0.339 e. The number of carbonyl (C=O) groups excluding carboxylic acids is 1. The average molecular weight is 370 g/mol. The van der Waals surface area contributed by atoms with Gasteiger partial charge < -0.3 is 24.6 Å². The lowest BCUT2D eigenvalue weighted by Crippen LogP contribution is -2.15. The quantitative estimate of drug-likeness (QED) is 0.537. The zero-order valence-electron chi connectivity index (χ0n) is 14.8. The van der Waals surface area contributed by atoms with Crippen LogP contribution in [0.2, 0.25) is 0 Å². The molecule has 0 heterocycles. The fraction of sp³-hybridized carbons (Fsp3) is 0.211. The highest BCUT2D eigenvalue weighted by molar-refractivity contribution is 5.92. The van der Waals surface area contributed by atoms with Gasteiger partial charge in [0.2, 0.25) is 0 Å². The Morgan fingerprint density at radius 2 is 1.85 bits per heavy atom. The lowest BCUT2D eigenvalue weighted by Gasteiger charge is -2.13. The number of hydrogen-bond donors (Lipinski definition) is 2. The zero-order valence-corrected chi connectivity index (χ0v) is 14.8. The van der Waals surface area contributed by atoms with Gasteiger partial charge >= 0.3 is 11.9 Å². The van der Waals surface area contributed by atoms with Gasteiger partial charge in [-0.3, -0.25) is 4.79 Å². The van der Waals surface area contributed by atoms with E-state index in [-0.39, 0.29) is 30.2 Å². The van der Waals surface area contributed by atoms with Crippen molar-refractivity contribution in [2.75, 3.05) is 26.3 Å². The molecule has 27 heavy (non-hydrogen) atoms. The molecule has 0 aromatic heterocycles. The molecule has 0 unspecified atom stereocenters. The minimum absolute atomic E-state index is 0.0657. The van der Waals surface area contributed by atoms with Crippen molar-refractivity contribution >= 4 is 17.6 Å². The number of carbonyl (C=O) groups is 2. The van der Waals surface area contributed by atoms with E-state index in [1.807, 2.05) is 6.07 Å². The molecule has 2 N–H and O–H groups in total. The Morgan fingerprint density at radius 1 is 1.15 bits per heavy atom. The molecule has 0 amide bonds. The van der Waals surface area contributed by atoms with Gasteiger partial charge in [-0.1, -0.05) is 0 Å². The number of nitrogens with zero attached hydrogens (tertiary/aromatic N) is 1. The Hall–Kier alpha value is -3.73. The highest BCUT2D eigenvalue weighted by Gasteiger charge is 2.19.